The van der Waals surface area contributed by atoms with Crippen LogP contribution in [0.2, 0.25) is 0 Å². The highest BCUT2D eigenvalue weighted by molar-refractivity contribution is 9.10. The average molecular weight is 320 g/mol. The van der Waals surface area contributed by atoms with Crippen molar-refractivity contribution in [3.8, 4) is 0 Å². The molecule has 0 heterocycles. The lowest BCUT2D eigenvalue weighted by Gasteiger charge is -2.21. The van der Waals surface area contributed by atoms with Crippen molar-refractivity contribution in [2.24, 2.45) is 0 Å². The molecule has 1 atom stereocenters. The monoisotopic (exact) mass is 319 g/mol. The van der Waals surface area contributed by atoms with Gasteiger partial charge in [-0.3, -0.25) is 0 Å². The van der Waals surface area contributed by atoms with Crippen LogP contribution in [0.4, 0.5) is 5.69 Å². The van der Waals surface area contributed by atoms with Crippen molar-refractivity contribution in [1.29, 1.82) is 0 Å². The number of benzene rings is 2. The summed E-state index contributed by atoms with van der Waals surface area (Å²) in [5.41, 5.74) is 3.32. The number of anilines is 1. The second-order valence-electron chi connectivity index (χ2n) is 4.72. The highest BCUT2D eigenvalue weighted by atomic mass is 79.9. The molecule has 0 aliphatic carbocycles. The molecule has 0 aromatic heterocycles. The number of nitrogens with zero attached hydrogens (tertiary/aromatic N) is 1. The molecular formula is C16H18BrNO. The SMILES string of the molecule is C[C@H](O)c1ccc(N(C)Cc2ccccc2)cc1Br. The van der Waals surface area contributed by atoms with Gasteiger partial charge in [0, 0.05) is 23.8 Å². The van der Waals surface area contributed by atoms with Crippen LogP contribution in [-0.4, -0.2) is 12.2 Å². The van der Waals surface area contributed by atoms with Gasteiger partial charge in [-0.05, 0) is 30.2 Å². The summed E-state index contributed by atoms with van der Waals surface area (Å²) in [4.78, 5) is 2.19. The van der Waals surface area contributed by atoms with Crippen LogP contribution in [0.15, 0.2) is 53.0 Å². The largest absolute Gasteiger partial charge is 0.389 e. The molecule has 0 amide bonds. The fourth-order valence-electron chi connectivity index (χ4n) is 2.04. The molecule has 2 nitrogen and oxygen atoms in total. The van der Waals surface area contributed by atoms with Crippen LogP contribution >= 0.6 is 15.9 Å². The lowest BCUT2D eigenvalue weighted by Crippen LogP contribution is -2.16. The van der Waals surface area contributed by atoms with Gasteiger partial charge in [-0.15, -0.1) is 0 Å². The van der Waals surface area contributed by atoms with E-state index in [0.29, 0.717) is 0 Å². The number of rotatable bonds is 4. The van der Waals surface area contributed by atoms with E-state index in [9.17, 15) is 5.11 Å². The summed E-state index contributed by atoms with van der Waals surface area (Å²) in [5, 5.41) is 9.63. The van der Waals surface area contributed by atoms with E-state index in [4.69, 9.17) is 0 Å². The molecule has 0 radical (unpaired) electrons. The molecule has 2 rings (SSSR count). The molecule has 0 saturated carbocycles. The van der Waals surface area contributed by atoms with Crippen molar-refractivity contribution in [1.82, 2.24) is 0 Å². The Morgan fingerprint density at radius 2 is 1.84 bits per heavy atom. The molecule has 100 valence electrons. The Morgan fingerprint density at radius 1 is 1.16 bits per heavy atom. The van der Waals surface area contributed by atoms with Gasteiger partial charge in [0.1, 0.15) is 0 Å². The zero-order chi connectivity index (χ0) is 13.8. The van der Waals surface area contributed by atoms with E-state index in [0.717, 1.165) is 22.3 Å². The molecule has 3 heteroatoms. The Hall–Kier alpha value is -1.32. The third-order valence-electron chi connectivity index (χ3n) is 3.14. The fourth-order valence-corrected chi connectivity index (χ4v) is 2.74. The topological polar surface area (TPSA) is 23.5 Å². The average Bonchev–Trinajstić information content (AvgIpc) is 2.39. The number of aliphatic hydroxyl groups excluding tert-OH is 1. The van der Waals surface area contributed by atoms with Gasteiger partial charge in [0.15, 0.2) is 0 Å². The first-order chi connectivity index (χ1) is 9.08. The molecule has 0 saturated heterocycles. The van der Waals surface area contributed by atoms with Crippen LogP contribution in [0.25, 0.3) is 0 Å². The van der Waals surface area contributed by atoms with E-state index in [1.807, 2.05) is 24.3 Å². The summed E-state index contributed by atoms with van der Waals surface area (Å²) in [7, 11) is 2.07. The van der Waals surface area contributed by atoms with Crippen LogP contribution in [0.3, 0.4) is 0 Å². The molecule has 1 N–H and O–H groups in total. The smallest absolute Gasteiger partial charge is 0.0772 e. The first-order valence-electron chi connectivity index (χ1n) is 6.30. The molecule has 0 unspecified atom stereocenters. The lowest BCUT2D eigenvalue weighted by molar-refractivity contribution is 0.198. The van der Waals surface area contributed by atoms with Gasteiger partial charge in [0.2, 0.25) is 0 Å². The van der Waals surface area contributed by atoms with E-state index >= 15 is 0 Å². The van der Waals surface area contributed by atoms with E-state index in [1.54, 1.807) is 6.92 Å². The van der Waals surface area contributed by atoms with Crippen LogP contribution in [-0.2, 0) is 6.54 Å². The Bertz CT molecular complexity index is 540. The van der Waals surface area contributed by atoms with Gasteiger partial charge < -0.3 is 10.0 Å². The highest BCUT2D eigenvalue weighted by Crippen LogP contribution is 2.28. The van der Waals surface area contributed by atoms with Gasteiger partial charge in [-0.25, -0.2) is 0 Å². The van der Waals surface area contributed by atoms with Crippen molar-refractivity contribution >= 4 is 21.6 Å². The van der Waals surface area contributed by atoms with Crippen molar-refractivity contribution in [3.63, 3.8) is 0 Å². The second kappa shape index (κ2) is 6.22. The first-order valence-corrected chi connectivity index (χ1v) is 7.10. The van der Waals surface area contributed by atoms with Crippen LogP contribution in [0, 0.1) is 0 Å². The van der Waals surface area contributed by atoms with E-state index in [2.05, 4.69) is 52.1 Å². The molecule has 2 aromatic rings. The number of hydrogen-bond acceptors (Lipinski definition) is 2. The standard InChI is InChI=1S/C16H18BrNO/c1-12(19)15-9-8-14(10-16(15)17)18(2)11-13-6-4-3-5-7-13/h3-10,12,19H,11H2,1-2H3/t12-/m0/s1. The summed E-state index contributed by atoms with van der Waals surface area (Å²) in [5.74, 6) is 0. The molecule has 0 fully saturated rings. The van der Waals surface area contributed by atoms with Gasteiger partial charge >= 0.3 is 0 Å². The first kappa shape index (κ1) is 14.1. The maximum absolute atomic E-state index is 9.63. The zero-order valence-corrected chi connectivity index (χ0v) is 12.8. The van der Waals surface area contributed by atoms with Gasteiger partial charge in [-0.1, -0.05) is 52.3 Å². The third kappa shape index (κ3) is 3.58. The minimum absolute atomic E-state index is 0.456. The quantitative estimate of drug-likeness (QED) is 0.915. The summed E-state index contributed by atoms with van der Waals surface area (Å²) in [6.45, 7) is 2.63. The van der Waals surface area contributed by atoms with Crippen molar-refractivity contribution < 1.29 is 5.11 Å². The summed E-state index contributed by atoms with van der Waals surface area (Å²) in [6, 6.07) is 16.4. The number of hydrogen-bond donors (Lipinski definition) is 1. The molecular weight excluding hydrogens is 302 g/mol. The maximum atomic E-state index is 9.63. The van der Waals surface area contributed by atoms with E-state index in [1.165, 1.54) is 5.56 Å². The molecule has 0 aliphatic rings. The number of halogens is 1. The lowest BCUT2D eigenvalue weighted by atomic mass is 10.1. The Kier molecular flexibility index (Phi) is 4.61. The summed E-state index contributed by atoms with van der Waals surface area (Å²) >= 11 is 3.51. The van der Waals surface area contributed by atoms with Crippen LogP contribution < -0.4 is 4.90 Å². The highest BCUT2D eigenvalue weighted by Gasteiger charge is 2.09. The van der Waals surface area contributed by atoms with E-state index < -0.39 is 6.10 Å². The molecule has 19 heavy (non-hydrogen) atoms. The fraction of sp³-hybridized carbons (Fsp3) is 0.250. The normalized spacial score (nSPS) is 12.2. The molecule has 0 bridgehead atoms. The van der Waals surface area contributed by atoms with Crippen molar-refractivity contribution in [3.05, 3.63) is 64.1 Å². The molecule has 0 aliphatic heterocycles. The minimum atomic E-state index is -0.456. The Morgan fingerprint density at radius 3 is 2.42 bits per heavy atom. The molecule has 0 spiro atoms. The van der Waals surface area contributed by atoms with Crippen LogP contribution in [0.5, 0.6) is 0 Å². The van der Waals surface area contributed by atoms with Gasteiger partial charge in [0.25, 0.3) is 0 Å². The summed E-state index contributed by atoms with van der Waals surface area (Å²) < 4.78 is 0.944. The summed E-state index contributed by atoms with van der Waals surface area (Å²) in [6.07, 6.45) is -0.456. The van der Waals surface area contributed by atoms with Crippen LogP contribution in [0.1, 0.15) is 24.2 Å². The second-order valence-corrected chi connectivity index (χ2v) is 5.58. The maximum Gasteiger partial charge on any atom is 0.0772 e. The minimum Gasteiger partial charge on any atom is -0.389 e. The van der Waals surface area contributed by atoms with Gasteiger partial charge in [-0.2, -0.15) is 0 Å². The predicted molar refractivity (Wildman–Crippen MR) is 83.3 cm³/mol. The van der Waals surface area contributed by atoms with Crippen molar-refractivity contribution in [2.75, 3.05) is 11.9 Å². The zero-order valence-electron chi connectivity index (χ0n) is 11.2. The Balaban J connectivity index is 2.16. The van der Waals surface area contributed by atoms with Crippen molar-refractivity contribution in [2.45, 2.75) is 19.6 Å². The third-order valence-corrected chi connectivity index (χ3v) is 3.82. The van der Waals surface area contributed by atoms with Gasteiger partial charge in [0.05, 0.1) is 6.10 Å². The number of aliphatic hydroxyl groups is 1. The van der Waals surface area contributed by atoms with E-state index in [-0.39, 0.29) is 0 Å². The Labute approximate surface area is 122 Å². The predicted octanol–water partition coefficient (Wildman–Crippen LogP) is 4.14. The molecule has 2 aromatic carbocycles.